The molecule has 0 fully saturated rings. The molecule has 146 valence electrons. The van der Waals surface area contributed by atoms with E-state index in [1.165, 1.54) is 10.9 Å². The zero-order valence-electron chi connectivity index (χ0n) is 16.4. The van der Waals surface area contributed by atoms with E-state index < -0.39 is 6.10 Å². The highest BCUT2D eigenvalue weighted by atomic mass is 16.5. The molecule has 2 aromatic carbocycles. The van der Waals surface area contributed by atoms with E-state index >= 15 is 0 Å². The maximum atomic E-state index is 10.0. The number of rotatable bonds is 9. The molecule has 0 radical (unpaired) electrons. The maximum Gasteiger partial charge on any atom is 0.119 e. The van der Waals surface area contributed by atoms with Gasteiger partial charge >= 0.3 is 0 Å². The zero-order chi connectivity index (χ0) is 19.5. The fourth-order valence-corrected chi connectivity index (χ4v) is 2.75. The molecule has 0 saturated heterocycles. The normalized spacial score (nSPS) is 11.6. The summed E-state index contributed by atoms with van der Waals surface area (Å²) < 4.78 is 10.7. The van der Waals surface area contributed by atoms with Gasteiger partial charge in [0.2, 0.25) is 0 Å². The van der Waals surface area contributed by atoms with Crippen molar-refractivity contribution in [2.45, 2.75) is 26.4 Å². The summed E-state index contributed by atoms with van der Waals surface area (Å²) in [6.07, 6.45) is 2.41. The minimum absolute atomic E-state index is 0.256. The summed E-state index contributed by atoms with van der Waals surface area (Å²) in [5.41, 5.74) is 2.44. The topological polar surface area (TPSA) is 66.5 Å². The summed E-state index contributed by atoms with van der Waals surface area (Å²) in [7, 11) is 1.63. The van der Waals surface area contributed by atoms with Crippen molar-refractivity contribution < 1.29 is 14.6 Å². The molecule has 0 aliphatic heterocycles. The van der Waals surface area contributed by atoms with Gasteiger partial charge in [-0.15, -0.1) is 0 Å². The van der Waals surface area contributed by atoms with Gasteiger partial charge in [0.15, 0.2) is 0 Å². The molecule has 0 saturated carbocycles. The molecular weight excluding hydrogens is 340 g/mol. The first-order chi connectivity index (χ1) is 13.3. The predicted molar refractivity (Wildman–Crippen MR) is 111 cm³/mol. The smallest absolute Gasteiger partial charge is 0.119 e. The molecule has 3 aromatic rings. The quantitative estimate of drug-likeness (QED) is 0.502. The minimum atomic E-state index is -0.551. The molecule has 1 heterocycles. The summed E-state index contributed by atoms with van der Waals surface area (Å²) in [5, 5.41) is 14.6. The molecule has 1 aromatic heterocycles. The fraction of sp³-hybridized carbons (Fsp3) is 0.364. The van der Waals surface area contributed by atoms with Crippen LogP contribution in [0, 0.1) is 0 Å². The second kappa shape index (κ2) is 11.3. The Balaban J connectivity index is 0.00000126. The van der Waals surface area contributed by atoms with Crippen LogP contribution in [0.15, 0.2) is 54.7 Å². The lowest BCUT2D eigenvalue weighted by Crippen LogP contribution is -2.32. The van der Waals surface area contributed by atoms with E-state index in [0.717, 1.165) is 30.0 Å². The Hall–Kier alpha value is -2.50. The zero-order valence-corrected chi connectivity index (χ0v) is 16.4. The third kappa shape index (κ3) is 6.31. The number of aromatic amines is 1. The van der Waals surface area contributed by atoms with Crippen LogP contribution in [-0.2, 0) is 6.42 Å². The van der Waals surface area contributed by atoms with Crippen molar-refractivity contribution in [3.8, 4) is 11.5 Å². The van der Waals surface area contributed by atoms with Crippen molar-refractivity contribution in [2.24, 2.45) is 0 Å². The van der Waals surface area contributed by atoms with Crippen molar-refractivity contribution >= 4 is 10.9 Å². The van der Waals surface area contributed by atoms with Crippen molar-refractivity contribution in [2.75, 3.05) is 26.8 Å². The maximum absolute atomic E-state index is 10.0. The summed E-state index contributed by atoms with van der Waals surface area (Å²) in [6.45, 7) is 5.56. The first kappa shape index (κ1) is 20.8. The summed E-state index contributed by atoms with van der Waals surface area (Å²) in [6, 6.07) is 15.6. The van der Waals surface area contributed by atoms with Gasteiger partial charge in [0.25, 0.3) is 0 Å². The summed E-state index contributed by atoms with van der Waals surface area (Å²) in [5.74, 6) is 1.51. The molecule has 27 heavy (non-hydrogen) atoms. The number of nitrogens with one attached hydrogen (secondary N) is 2. The minimum Gasteiger partial charge on any atom is -0.497 e. The molecule has 0 aliphatic carbocycles. The molecule has 5 heteroatoms. The predicted octanol–water partition coefficient (Wildman–Crippen LogP) is 3.77. The number of hydrogen-bond donors (Lipinski definition) is 3. The van der Waals surface area contributed by atoms with Crippen molar-refractivity contribution in [1.29, 1.82) is 0 Å². The van der Waals surface area contributed by atoms with Gasteiger partial charge in [-0.25, -0.2) is 0 Å². The number of aliphatic hydroxyl groups is 1. The van der Waals surface area contributed by atoms with Gasteiger partial charge in [0.1, 0.15) is 24.2 Å². The van der Waals surface area contributed by atoms with E-state index in [1.54, 1.807) is 7.11 Å². The van der Waals surface area contributed by atoms with Crippen molar-refractivity contribution in [1.82, 2.24) is 10.3 Å². The second-order valence-electron chi connectivity index (χ2n) is 5.95. The Morgan fingerprint density at radius 2 is 1.74 bits per heavy atom. The molecular formula is C22H30N2O3. The molecule has 5 nitrogen and oxygen atoms in total. The highest BCUT2D eigenvalue weighted by molar-refractivity contribution is 5.83. The Morgan fingerprint density at radius 3 is 2.48 bits per heavy atom. The average Bonchev–Trinajstić information content (AvgIpc) is 3.15. The molecule has 1 atom stereocenters. The van der Waals surface area contributed by atoms with E-state index in [1.807, 2.05) is 50.2 Å². The van der Waals surface area contributed by atoms with Crippen LogP contribution >= 0.6 is 0 Å². The number of para-hydroxylation sites is 1. The first-order valence-corrected chi connectivity index (χ1v) is 9.47. The van der Waals surface area contributed by atoms with Crippen LogP contribution in [-0.4, -0.2) is 43.0 Å². The van der Waals surface area contributed by atoms with E-state index in [4.69, 9.17) is 9.47 Å². The molecule has 0 spiro atoms. The summed E-state index contributed by atoms with van der Waals surface area (Å²) >= 11 is 0. The van der Waals surface area contributed by atoms with Gasteiger partial charge in [-0.2, -0.15) is 0 Å². The van der Waals surface area contributed by atoms with Gasteiger partial charge < -0.3 is 24.9 Å². The molecule has 0 aliphatic rings. The van der Waals surface area contributed by atoms with Gasteiger partial charge in [-0.1, -0.05) is 32.0 Å². The molecule has 3 rings (SSSR count). The number of fused-ring (bicyclic) bond motifs is 1. The number of H-pyrrole nitrogens is 1. The van der Waals surface area contributed by atoms with E-state index in [0.29, 0.717) is 6.54 Å². The number of hydrogen-bond acceptors (Lipinski definition) is 4. The lowest BCUT2D eigenvalue weighted by molar-refractivity contribution is 0.106. The fourth-order valence-electron chi connectivity index (χ4n) is 2.75. The monoisotopic (exact) mass is 370 g/mol. The molecule has 0 amide bonds. The Morgan fingerprint density at radius 1 is 1.04 bits per heavy atom. The summed E-state index contributed by atoms with van der Waals surface area (Å²) in [4.78, 5) is 3.28. The largest absolute Gasteiger partial charge is 0.497 e. The van der Waals surface area contributed by atoms with Crippen LogP contribution in [0.3, 0.4) is 0 Å². The lowest BCUT2D eigenvalue weighted by atomic mass is 10.1. The van der Waals surface area contributed by atoms with Crippen LogP contribution in [0.4, 0.5) is 0 Å². The van der Waals surface area contributed by atoms with Crippen LogP contribution in [0.2, 0.25) is 0 Å². The highest BCUT2D eigenvalue weighted by Gasteiger charge is 2.06. The van der Waals surface area contributed by atoms with E-state index in [2.05, 4.69) is 28.6 Å². The number of aromatic nitrogens is 1. The third-order valence-corrected chi connectivity index (χ3v) is 4.13. The number of ether oxygens (including phenoxy) is 2. The van der Waals surface area contributed by atoms with Gasteiger partial charge in [0.05, 0.1) is 7.11 Å². The standard InChI is InChI=1S/C20H24N2O3.C2H6/c1-24-17-6-8-18(9-7-17)25-14-16(23)13-21-11-10-15-12-22-20-5-3-2-4-19(15)20;1-2/h2-9,12,16,21-23H,10-11,13-14H2,1H3;1-2H3. The van der Waals surface area contributed by atoms with Crippen LogP contribution in [0.5, 0.6) is 11.5 Å². The van der Waals surface area contributed by atoms with Crippen LogP contribution < -0.4 is 14.8 Å². The molecule has 1 unspecified atom stereocenters. The third-order valence-electron chi connectivity index (χ3n) is 4.13. The number of aliphatic hydroxyl groups excluding tert-OH is 1. The number of methoxy groups -OCH3 is 1. The van der Waals surface area contributed by atoms with Gasteiger partial charge in [0, 0.05) is 23.6 Å². The SMILES string of the molecule is CC.COc1ccc(OCC(O)CNCCc2c[nH]c3ccccc23)cc1. The molecule has 3 N–H and O–H groups in total. The molecule has 0 bridgehead atoms. The average molecular weight is 370 g/mol. The van der Waals surface area contributed by atoms with Crippen molar-refractivity contribution in [3.05, 3.63) is 60.3 Å². The lowest BCUT2D eigenvalue weighted by Gasteiger charge is -2.13. The van der Waals surface area contributed by atoms with E-state index in [-0.39, 0.29) is 6.61 Å². The van der Waals surface area contributed by atoms with Crippen LogP contribution in [0.1, 0.15) is 19.4 Å². The Labute approximate surface area is 161 Å². The number of benzene rings is 2. The van der Waals surface area contributed by atoms with E-state index in [9.17, 15) is 5.11 Å². The Bertz CT molecular complexity index is 784. The van der Waals surface area contributed by atoms with Gasteiger partial charge in [-0.3, -0.25) is 0 Å². The first-order valence-electron chi connectivity index (χ1n) is 9.47. The van der Waals surface area contributed by atoms with Crippen molar-refractivity contribution in [3.63, 3.8) is 0 Å². The Kier molecular flexibility index (Phi) is 8.68. The second-order valence-corrected chi connectivity index (χ2v) is 5.95. The van der Waals surface area contributed by atoms with Gasteiger partial charge in [-0.05, 0) is 48.9 Å². The van der Waals surface area contributed by atoms with Crippen LogP contribution in [0.25, 0.3) is 10.9 Å². The highest BCUT2D eigenvalue weighted by Crippen LogP contribution is 2.18.